The van der Waals surface area contributed by atoms with Gasteiger partial charge in [-0.05, 0) is 96.7 Å². The predicted octanol–water partition coefficient (Wildman–Crippen LogP) is 12.6. The van der Waals surface area contributed by atoms with Crippen LogP contribution in [0.5, 0.6) is 0 Å². The molecule has 0 atom stereocenters. The summed E-state index contributed by atoms with van der Waals surface area (Å²) in [7, 11) is 0. The van der Waals surface area contributed by atoms with Crippen molar-refractivity contribution >= 4 is 32.6 Å². The Hall–Kier alpha value is -6.18. The summed E-state index contributed by atoms with van der Waals surface area (Å²) in [5.74, 6) is 0. The monoisotopic (exact) mass is 595 g/mol. The first-order chi connectivity index (χ1) is 23.3. The van der Waals surface area contributed by atoms with Gasteiger partial charge in [0.05, 0.1) is 11.0 Å². The summed E-state index contributed by atoms with van der Waals surface area (Å²) >= 11 is 0. The van der Waals surface area contributed by atoms with Gasteiger partial charge in [-0.2, -0.15) is 0 Å². The van der Waals surface area contributed by atoms with E-state index >= 15 is 0 Å². The summed E-state index contributed by atoms with van der Waals surface area (Å²) in [6, 6.07) is 64.4. The molecule has 10 rings (SSSR count). The molecule has 0 aliphatic heterocycles. The van der Waals surface area contributed by atoms with E-state index in [1.165, 1.54) is 93.9 Å². The van der Waals surface area contributed by atoms with Crippen LogP contribution < -0.4 is 0 Å². The average molecular weight is 596 g/mol. The highest BCUT2D eigenvalue weighted by atomic mass is 15.0. The molecular formula is C46H29N. The molecule has 0 spiro atoms. The maximum atomic E-state index is 2.38. The van der Waals surface area contributed by atoms with E-state index in [-0.39, 0.29) is 0 Å². The van der Waals surface area contributed by atoms with Crippen LogP contribution in [0.1, 0.15) is 0 Å². The van der Waals surface area contributed by atoms with Crippen molar-refractivity contribution in [2.24, 2.45) is 0 Å². The lowest BCUT2D eigenvalue weighted by Crippen LogP contribution is -1.93. The third kappa shape index (κ3) is 4.03. The standard InChI is InChI=1S/C46H29N/c1-2-10-37(11-3-1)47-44-15-5-4-12-39(44)40-27-25-36(29-45(40)47)33-22-18-31(19-23-33)30-16-20-32(21-17-30)35-24-26-38-41-13-6-8-34-9-7-14-42(46(34)41)43(38)28-35/h1-29H. The maximum Gasteiger partial charge on any atom is 0.0547 e. The van der Waals surface area contributed by atoms with Crippen LogP contribution in [0.25, 0.3) is 93.9 Å². The van der Waals surface area contributed by atoms with Gasteiger partial charge in [0.1, 0.15) is 0 Å². The van der Waals surface area contributed by atoms with Crippen molar-refractivity contribution in [1.29, 1.82) is 0 Å². The quantitative estimate of drug-likeness (QED) is 0.191. The number of hydrogen-bond acceptors (Lipinski definition) is 0. The van der Waals surface area contributed by atoms with Crippen LogP contribution in [0.15, 0.2) is 176 Å². The lowest BCUT2D eigenvalue weighted by molar-refractivity contribution is 1.18. The van der Waals surface area contributed by atoms with Gasteiger partial charge in [-0.3, -0.25) is 0 Å². The zero-order valence-corrected chi connectivity index (χ0v) is 25.7. The van der Waals surface area contributed by atoms with Gasteiger partial charge in [-0.1, -0.05) is 146 Å². The molecule has 0 amide bonds. The lowest BCUT2D eigenvalue weighted by Gasteiger charge is -2.10. The number of nitrogens with zero attached hydrogens (tertiary/aromatic N) is 1. The summed E-state index contributed by atoms with van der Waals surface area (Å²) in [5, 5.41) is 5.23. The number of rotatable bonds is 4. The molecule has 9 aromatic rings. The van der Waals surface area contributed by atoms with Crippen molar-refractivity contribution in [2.75, 3.05) is 0 Å². The van der Waals surface area contributed by atoms with Gasteiger partial charge in [0.15, 0.2) is 0 Å². The Kier molecular flexibility index (Phi) is 5.64. The van der Waals surface area contributed by atoms with Crippen molar-refractivity contribution in [3.8, 4) is 61.3 Å². The minimum atomic E-state index is 1.18. The first-order valence-electron chi connectivity index (χ1n) is 16.3. The Morgan fingerprint density at radius 3 is 1.53 bits per heavy atom. The van der Waals surface area contributed by atoms with E-state index in [1.807, 2.05) is 0 Å². The first kappa shape index (κ1) is 26.1. The first-order valence-corrected chi connectivity index (χ1v) is 16.3. The van der Waals surface area contributed by atoms with Crippen molar-refractivity contribution in [3.05, 3.63) is 176 Å². The van der Waals surface area contributed by atoms with E-state index in [9.17, 15) is 0 Å². The molecule has 218 valence electrons. The molecule has 0 unspecified atom stereocenters. The Bertz CT molecular complexity index is 2630. The molecule has 1 heteroatoms. The van der Waals surface area contributed by atoms with Gasteiger partial charge in [-0.15, -0.1) is 0 Å². The fourth-order valence-electron chi connectivity index (χ4n) is 7.69. The average Bonchev–Trinajstić information content (AvgIpc) is 3.65. The van der Waals surface area contributed by atoms with Gasteiger partial charge in [0.2, 0.25) is 0 Å². The molecule has 0 saturated heterocycles. The summed E-state index contributed by atoms with van der Waals surface area (Å²) in [6.07, 6.45) is 0. The van der Waals surface area contributed by atoms with Crippen molar-refractivity contribution in [1.82, 2.24) is 4.57 Å². The summed E-state index contributed by atoms with van der Waals surface area (Å²) in [5.41, 5.74) is 16.3. The minimum absolute atomic E-state index is 1.18. The van der Waals surface area contributed by atoms with E-state index < -0.39 is 0 Å². The van der Waals surface area contributed by atoms with E-state index in [0.29, 0.717) is 0 Å². The molecule has 1 nitrogen and oxygen atoms in total. The molecule has 0 radical (unpaired) electrons. The topological polar surface area (TPSA) is 4.93 Å². The smallest absolute Gasteiger partial charge is 0.0547 e. The normalized spacial score (nSPS) is 11.8. The second-order valence-electron chi connectivity index (χ2n) is 12.5. The molecule has 0 saturated carbocycles. The molecule has 0 fully saturated rings. The molecule has 8 aromatic carbocycles. The van der Waals surface area contributed by atoms with Crippen LogP contribution >= 0.6 is 0 Å². The lowest BCUT2D eigenvalue weighted by atomic mass is 9.95. The fraction of sp³-hybridized carbons (Fsp3) is 0. The van der Waals surface area contributed by atoms with Crippen LogP contribution in [0.2, 0.25) is 0 Å². The van der Waals surface area contributed by atoms with E-state index in [2.05, 4.69) is 180 Å². The molecule has 0 bridgehead atoms. The zero-order chi connectivity index (χ0) is 30.9. The van der Waals surface area contributed by atoms with Crippen LogP contribution in [0.4, 0.5) is 0 Å². The highest BCUT2D eigenvalue weighted by Gasteiger charge is 2.21. The molecule has 47 heavy (non-hydrogen) atoms. The third-order valence-corrected chi connectivity index (χ3v) is 9.96. The Balaban J connectivity index is 0.968. The second kappa shape index (κ2) is 10.2. The highest BCUT2D eigenvalue weighted by molar-refractivity contribution is 6.15. The Morgan fingerprint density at radius 2 is 0.830 bits per heavy atom. The number of fused-ring (bicyclic) bond motifs is 6. The largest absolute Gasteiger partial charge is 0.309 e. The van der Waals surface area contributed by atoms with Gasteiger partial charge < -0.3 is 4.57 Å². The van der Waals surface area contributed by atoms with Gasteiger partial charge in [0.25, 0.3) is 0 Å². The number of aromatic nitrogens is 1. The highest BCUT2D eigenvalue weighted by Crippen LogP contribution is 2.48. The van der Waals surface area contributed by atoms with Crippen LogP contribution in [0.3, 0.4) is 0 Å². The van der Waals surface area contributed by atoms with Gasteiger partial charge >= 0.3 is 0 Å². The van der Waals surface area contributed by atoms with Gasteiger partial charge in [0, 0.05) is 16.5 Å². The van der Waals surface area contributed by atoms with Crippen molar-refractivity contribution in [3.63, 3.8) is 0 Å². The molecule has 0 N–H and O–H groups in total. The SMILES string of the molecule is c1ccc(-n2c3ccccc3c3ccc(-c4ccc(-c5ccc(-c6ccc7c(c6)-c6cccc8cccc-7c68)cc5)cc4)cc32)cc1. The van der Waals surface area contributed by atoms with Crippen molar-refractivity contribution < 1.29 is 0 Å². The zero-order valence-electron chi connectivity index (χ0n) is 25.7. The van der Waals surface area contributed by atoms with Crippen LogP contribution in [-0.2, 0) is 0 Å². The number of para-hydroxylation sites is 2. The maximum absolute atomic E-state index is 2.38. The minimum Gasteiger partial charge on any atom is -0.309 e. The molecule has 1 heterocycles. The fourth-order valence-corrected chi connectivity index (χ4v) is 7.69. The molecule has 1 aliphatic carbocycles. The summed E-state index contributed by atoms with van der Waals surface area (Å²) < 4.78 is 2.38. The van der Waals surface area contributed by atoms with Crippen LogP contribution in [0, 0.1) is 0 Å². The number of hydrogen-bond donors (Lipinski definition) is 0. The van der Waals surface area contributed by atoms with Gasteiger partial charge in [-0.25, -0.2) is 0 Å². The Labute approximate surface area is 273 Å². The predicted molar refractivity (Wildman–Crippen MR) is 199 cm³/mol. The number of benzene rings is 8. The molecule has 1 aromatic heterocycles. The Morgan fingerprint density at radius 1 is 0.298 bits per heavy atom. The van der Waals surface area contributed by atoms with E-state index in [1.54, 1.807) is 0 Å². The third-order valence-electron chi connectivity index (χ3n) is 9.96. The second-order valence-corrected chi connectivity index (χ2v) is 12.5. The molecule has 1 aliphatic rings. The molecular weight excluding hydrogens is 567 g/mol. The van der Waals surface area contributed by atoms with E-state index in [4.69, 9.17) is 0 Å². The summed E-state index contributed by atoms with van der Waals surface area (Å²) in [4.78, 5) is 0. The summed E-state index contributed by atoms with van der Waals surface area (Å²) in [6.45, 7) is 0. The van der Waals surface area contributed by atoms with E-state index in [0.717, 1.165) is 0 Å². The van der Waals surface area contributed by atoms with Crippen molar-refractivity contribution in [2.45, 2.75) is 0 Å². The van der Waals surface area contributed by atoms with Crippen LogP contribution in [-0.4, -0.2) is 4.57 Å².